The molecule has 0 aliphatic carbocycles. The van der Waals surface area contributed by atoms with Crippen molar-refractivity contribution in [1.29, 1.82) is 0 Å². The Balaban J connectivity index is -0.00000176. The first-order valence-electron chi connectivity index (χ1n) is 19.7. The molecule has 0 saturated carbocycles. The Labute approximate surface area is 300 Å². The molecule has 0 bridgehead atoms. The van der Waals surface area contributed by atoms with Crippen LogP contribution in [0.25, 0.3) is 0 Å². The minimum Gasteiger partial charge on any atom is -0.309 e. The Hall–Kier alpha value is -1.98. The second-order valence-electron chi connectivity index (χ2n) is 13.3. The van der Waals surface area contributed by atoms with Gasteiger partial charge < -0.3 is 4.90 Å². The number of allylic oxidation sites excluding steroid dienone is 8. The molecule has 0 heterocycles. The molecule has 0 aromatic heterocycles. The van der Waals surface area contributed by atoms with Crippen LogP contribution >= 0.6 is 0 Å². The highest BCUT2D eigenvalue weighted by Crippen LogP contribution is 2.13. The summed E-state index contributed by atoms with van der Waals surface area (Å²) in [5.41, 5.74) is 2.05. The lowest BCUT2D eigenvalue weighted by atomic mass is 10.0. The molecule has 0 saturated heterocycles. The molecular weight excluding hydrogens is 590 g/mol. The van der Waals surface area contributed by atoms with Gasteiger partial charge in [-0.2, -0.15) is 0 Å². The fraction of sp³-hybridized carbons (Fsp3) is 0.767. The Morgan fingerprint density at radius 3 is 1.17 bits per heavy atom. The zero-order valence-electron chi connectivity index (χ0n) is 31.8. The number of unbranched alkanes of at least 4 members (excludes halogenated alkanes) is 18. The summed E-state index contributed by atoms with van der Waals surface area (Å²) in [5.74, 6) is 5.22. The van der Waals surface area contributed by atoms with Gasteiger partial charge in [-0.3, -0.25) is 15.0 Å². The Kier molecular flexibility index (Phi) is 47.3. The molecule has 0 spiro atoms. The Bertz CT molecular complexity index is 720. The van der Waals surface area contributed by atoms with Crippen molar-refractivity contribution in [2.45, 2.75) is 195 Å². The molecule has 0 unspecified atom stereocenters. The number of hydrogen-bond donors (Lipinski definition) is 2. The molecule has 3 N–H and O–H groups in total. The predicted molar refractivity (Wildman–Crippen MR) is 215 cm³/mol. The Morgan fingerprint density at radius 2 is 0.833 bits per heavy atom. The van der Waals surface area contributed by atoms with E-state index in [1.807, 2.05) is 19.0 Å². The number of amides is 1. The van der Waals surface area contributed by atoms with Gasteiger partial charge in [0.25, 0.3) is 0 Å². The maximum atomic E-state index is 12.1. The molecule has 5 heteroatoms. The van der Waals surface area contributed by atoms with Crippen molar-refractivity contribution in [3.05, 3.63) is 48.6 Å². The van der Waals surface area contributed by atoms with E-state index in [0.717, 1.165) is 45.1 Å². The summed E-state index contributed by atoms with van der Waals surface area (Å²) in [4.78, 5) is 24.5. The fourth-order valence-corrected chi connectivity index (χ4v) is 5.14. The summed E-state index contributed by atoms with van der Waals surface area (Å²) >= 11 is 0. The molecule has 0 rings (SSSR count). The predicted octanol–water partition coefficient (Wildman–Crippen LogP) is 12.5. The van der Waals surface area contributed by atoms with Crippen LogP contribution in [-0.4, -0.2) is 37.2 Å². The highest BCUT2D eigenvalue weighted by atomic mass is 16.2. The molecular formula is C43H83N3O2. The van der Waals surface area contributed by atoms with Crippen molar-refractivity contribution in [2.75, 3.05) is 20.6 Å². The van der Waals surface area contributed by atoms with Gasteiger partial charge in [0, 0.05) is 25.8 Å². The van der Waals surface area contributed by atoms with Gasteiger partial charge in [0.2, 0.25) is 5.91 Å². The highest BCUT2D eigenvalue weighted by molar-refractivity contribution is 5.78. The molecule has 0 aromatic rings. The molecule has 282 valence electrons. The lowest BCUT2D eigenvalue weighted by Crippen LogP contribution is -2.32. The summed E-state index contributed by atoms with van der Waals surface area (Å²) in [5, 5.41) is 0. The van der Waals surface area contributed by atoms with Gasteiger partial charge >= 0.3 is 0 Å². The number of nitrogens with one attached hydrogen (secondary N) is 1. The van der Waals surface area contributed by atoms with Crippen molar-refractivity contribution in [1.82, 2.24) is 10.3 Å². The van der Waals surface area contributed by atoms with E-state index in [4.69, 9.17) is 5.84 Å². The first-order valence-corrected chi connectivity index (χ1v) is 19.7. The van der Waals surface area contributed by atoms with E-state index in [2.05, 4.69) is 67.9 Å². The quantitative estimate of drug-likeness (QED) is 0.0239. The van der Waals surface area contributed by atoms with Crippen LogP contribution in [0.2, 0.25) is 0 Å². The maximum Gasteiger partial charge on any atom is 0.235 e. The standard InChI is InChI=1S/C37H66O.C5H13N3O.CH4/c1-3-5-7-9-11-13-15-17-19-21-23-25-27-29-31-33-35-37(38)36-34-32-30-28-26-24-22-20-18-16-14-12-10-8-6-4-2;1-8(2)4-3-5(9)7-6;/h11-14,17-20H,3-10,15-16,21-36H2,1-2H3;3-4,6H2,1-2H3,(H,7,9);1H4/b13-11-,14-12-,19-17-,20-18-;;. The van der Waals surface area contributed by atoms with Crippen molar-refractivity contribution in [2.24, 2.45) is 5.84 Å². The zero-order valence-corrected chi connectivity index (χ0v) is 31.8. The number of nitrogens with zero attached hydrogens (tertiary/aromatic N) is 1. The van der Waals surface area contributed by atoms with Gasteiger partial charge in [0.15, 0.2) is 0 Å². The summed E-state index contributed by atoms with van der Waals surface area (Å²) in [7, 11) is 3.81. The lowest BCUT2D eigenvalue weighted by molar-refractivity contribution is -0.121. The number of ketones is 1. The summed E-state index contributed by atoms with van der Waals surface area (Å²) in [6.45, 7) is 5.26. The van der Waals surface area contributed by atoms with E-state index < -0.39 is 0 Å². The minimum absolute atomic E-state index is 0. The average Bonchev–Trinajstić information content (AvgIpc) is 3.07. The van der Waals surface area contributed by atoms with Gasteiger partial charge in [-0.15, -0.1) is 0 Å². The monoisotopic (exact) mass is 674 g/mol. The van der Waals surface area contributed by atoms with E-state index in [9.17, 15) is 9.59 Å². The van der Waals surface area contributed by atoms with Crippen molar-refractivity contribution < 1.29 is 9.59 Å². The van der Waals surface area contributed by atoms with Crippen LogP contribution in [0.4, 0.5) is 0 Å². The van der Waals surface area contributed by atoms with Gasteiger partial charge in [-0.05, 0) is 91.1 Å². The number of Topliss-reactive ketones (excluding diaryl/α,β-unsaturated/α-hetero) is 1. The normalized spacial score (nSPS) is 11.5. The molecule has 0 aliphatic heterocycles. The van der Waals surface area contributed by atoms with Crippen molar-refractivity contribution in [3.63, 3.8) is 0 Å². The van der Waals surface area contributed by atoms with Crippen LogP contribution in [0.5, 0.6) is 0 Å². The number of hydrogen-bond acceptors (Lipinski definition) is 4. The SMILES string of the molecule is C.CCCCC/C=C\C/C=C\CCCCCCCCC(=O)CCCCCCCC/C=C\C/C=C\CCCCC.CN(C)CCC(=O)NN. The molecule has 1 amide bonds. The van der Waals surface area contributed by atoms with Crippen molar-refractivity contribution in [3.8, 4) is 0 Å². The van der Waals surface area contributed by atoms with E-state index in [1.54, 1.807) is 0 Å². The third-order valence-corrected chi connectivity index (χ3v) is 8.26. The topological polar surface area (TPSA) is 75.4 Å². The molecule has 0 fully saturated rings. The van der Waals surface area contributed by atoms with Crippen LogP contribution in [0.3, 0.4) is 0 Å². The second kappa shape index (κ2) is 45.0. The summed E-state index contributed by atoms with van der Waals surface area (Å²) < 4.78 is 0. The van der Waals surface area contributed by atoms with E-state index in [-0.39, 0.29) is 13.3 Å². The van der Waals surface area contributed by atoms with Crippen LogP contribution in [0.1, 0.15) is 195 Å². The molecule has 0 aromatic carbocycles. The smallest absolute Gasteiger partial charge is 0.235 e. The number of hydrazine groups is 1. The number of carbonyl (C=O) groups is 2. The summed E-state index contributed by atoms with van der Waals surface area (Å²) in [6.07, 6.45) is 51.0. The minimum atomic E-state index is -0.122. The van der Waals surface area contributed by atoms with Gasteiger partial charge in [-0.25, -0.2) is 5.84 Å². The van der Waals surface area contributed by atoms with E-state index in [0.29, 0.717) is 12.2 Å². The summed E-state index contributed by atoms with van der Waals surface area (Å²) in [6, 6.07) is 0. The third-order valence-electron chi connectivity index (χ3n) is 8.26. The van der Waals surface area contributed by atoms with Crippen LogP contribution in [0, 0.1) is 0 Å². The zero-order chi connectivity index (χ0) is 34.9. The molecule has 0 atom stereocenters. The Morgan fingerprint density at radius 1 is 0.500 bits per heavy atom. The van der Waals surface area contributed by atoms with Crippen LogP contribution in [-0.2, 0) is 9.59 Å². The first kappa shape index (κ1) is 50.4. The van der Waals surface area contributed by atoms with Crippen LogP contribution < -0.4 is 11.3 Å². The lowest BCUT2D eigenvalue weighted by Gasteiger charge is -2.06. The van der Waals surface area contributed by atoms with Crippen molar-refractivity contribution >= 4 is 11.7 Å². The third kappa shape index (κ3) is 48.4. The van der Waals surface area contributed by atoms with E-state index >= 15 is 0 Å². The molecule has 48 heavy (non-hydrogen) atoms. The molecule has 0 radical (unpaired) electrons. The average molecular weight is 674 g/mol. The van der Waals surface area contributed by atoms with Gasteiger partial charge in [0.05, 0.1) is 0 Å². The van der Waals surface area contributed by atoms with Gasteiger partial charge in [-0.1, -0.05) is 147 Å². The van der Waals surface area contributed by atoms with Gasteiger partial charge in [0.1, 0.15) is 5.78 Å². The largest absolute Gasteiger partial charge is 0.309 e. The number of nitrogens with two attached hydrogens (primary N) is 1. The first-order chi connectivity index (χ1) is 23.0. The highest BCUT2D eigenvalue weighted by Gasteiger charge is 2.02. The molecule has 0 aliphatic rings. The number of rotatable bonds is 33. The fourth-order valence-electron chi connectivity index (χ4n) is 5.14. The van der Waals surface area contributed by atoms with E-state index in [1.165, 1.54) is 128 Å². The van der Waals surface area contributed by atoms with Crippen LogP contribution in [0.15, 0.2) is 48.6 Å². The maximum absolute atomic E-state index is 12.1. The molecule has 5 nitrogen and oxygen atoms in total. The number of carbonyl (C=O) groups excluding carboxylic acids is 2. The second-order valence-corrected chi connectivity index (χ2v) is 13.3.